The van der Waals surface area contributed by atoms with Crippen LogP contribution in [0.3, 0.4) is 0 Å². The van der Waals surface area contributed by atoms with Crippen molar-refractivity contribution in [1.29, 1.82) is 0 Å². The molecule has 0 aliphatic carbocycles. The molecule has 2 aromatic carbocycles. The standard InChI is InChI=1S/C16H14N4O4/c21-14(12-6-5-10-3-1-2-4-11(10)7-12)9-17-16(22)15-13(20(23)24)8-18-19-15/h1-8,14,21H,9H2,(H,17,22)(H,18,19). The Bertz CT molecular complexity index is 906. The number of rotatable bonds is 5. The average Bonchev–Trinajstić information content (AvgIpc) is 3.09. The van der Waals surface area contributed by atoms with Crippen LogP contribution in [0.5, 0.6) is 0 Å². The number of nitro groups is 1. The van der Waals surface area contributed by atoms with Crippen molar-refractivity contribution in [2.24, 2.45) is 0 Å². The molecule has 1 aromatic heterocycles. The third kappa shape index (κ3) is 3.08. The van der Waals surface area contributed by atoms with Crippen LogP contribution in [-0.2, 0) is 0 Å². The number of fused-ring (bicyclic) bond motifs is 1. The fourth-order valence-corrected chi connectivity index (χ4v) is 2.40. The Balaban J connectivity index is 1.70. The minimum absolute atomic E-state index is 0.0760. The van der Waals surface area contributed by atoms with E-state index in [2.05, 4.69) is 15.5 Å². The summed E-state index contributed by atoms with van der Waals surface area (Å²) < 4.78 is 0. The third-order valence-corrected chi connectivity index (χ3v) is 3.66. The van der Waals surface area contributed by atoms with Gasteiger partial charge in [-0.3, -0.25) is 20.0 Å². The lowest BCUT2D eigenvalue weighted by Crippen LogP contribution is -2.29. The molecular weight excluding hydrogens is 312 g/mol. The number of aromatic amines is 1. The number of hydrogen-bond donors (Lipinski definition) is 3. The molecule has 8 nitrogen and oxygen atoms in total. The lowest BCUT2D eigenvalue weighted by Gasteiger charge is -2.12. The fourth-order valence-electron chi connectivity index (χ4n) is 2.40. The fraction of sp³-hybridized carbons (Fsp3) is 0.125. The zero-order valence-electron chi connectivity index (χ0n) is 12.5. The molecule has 122 valence electrons. The van der Waals surface area contributed by atoms with E-state index >= 15 is 0 Å². The van der Waals surface area contributed by atoms with Gasteiger partial charge in [-0.05, 0) is 22.4 Å². The Hall–Kier alpha value is -3.26. The first-order valence-corrected chi connectivity index (χ1v) is 7.19. The molecule has 0 fully saturated rings. The van der Waals surface area contributed by atoms with Gasteiger partial charge in [-0.25, -0.2) is 0 Å². The van der Waals surface area contributed by atoms with Crippen LogP contribution in [0.15, 0.2) is 48.7 Å². The number of amides is 1. The number of nitrogens with zero attached hydrogens (tertiary/aromatic N) is 2. The van der Waals surface area contributed by atoms with Crippen LogP contribution in [0.25, 0.3) is 10.8 Å². The topological polar surface area (TPSA) is 121 Å². The van der Waals surface area contributed by atoms with E-state index in [0.29, 0.717) is 5.56 Å². The molecule has 0 aliphatic rings. The highest BCUT2D eigenvalue weighted by Crippen LogP contribution is 2.20. The second-order valence-electron chi connectivity index (χ2n) is 5.22. The van der Waals surface area contributed by atoms with Crippen molar-refractivity contribution in [3.8, 4) is 0 Å². The highest BCUT2D eigenvalue weighted by molar-refractivity contribution is 5.96. The first kappa shape index (κ1) is 15.6. The number of aliphatic hydroxyl groups excluding tert-OH is 1. The van der Waals surface area contributed by atoms with Crippen LogP contribution in [0.1, 0.15) is 22.2 Å². The minimum Gasteiger partial charge on any atom is -0.387 e. The lowest BCUT2D eigenvalue weighted by molar-refractivity contribution is -0.385. The van der Waals surface area contributed by atoms with Crippen molar-refractivity contribution in [2.45, 2.75) is 6.10 Å². The Morgan fingerprint density at radius 3 is 2.79 bits per heavy atom. The molecule has 1 unspecified atom stereocenters. The highest BCUT2D eigenvalue weighted by atomic mass is 16.6. The van der Waals surface area contributed by atoms with Gasteiger partial charge < -0.3 is 10.4 Å². The molecule has 24 heavy (non-hydrogen) atoms. The van der Waals surface area contributed by atoms with Gasteiger partial charge in [0.2, 0.25) is 5.69 Å². The Morgan fingerprint density at radius 1 is 1.29 bits per heavy atom. The van der Waals surface area contributed by atoms with Gasteiger partial charge >= 0.3 is 5.69 Å². The number of carbonyl (C=O) groups is 1. The third-order valence-electron chi connectivity index (χ3n) is 3.66. The van der Waals surface area contributed by atoms with E-state index in [1.54, 1.807) is 6.07 Å². The van der Waals surface area contributed by atoms with Crippen LogP contribution in [0, 0.1) is 10.1 Å². The van der Waals surface area contributed by atoms with Crippen LogP contribution in [0.2, 0.25) is 0 Å². The molecule has 0 bridgehead atoms. The van der Waals surface area contributed by atoms with E-state index in [4.69, 9.17) is 0 Å². The van der Waals surface area contributed by atoms with Crippen molar-refractivity contribution in [3.63, 3.8) is 0 Å². The Labute approximate surface area is 136 Å². The van der Waals surface area contributed by atoms with Crippen molar-refractivity contribution in [3.05, 3.63) is 70.0 Å². The summed E-state index contributed by atoms with van der Waals surface area (Å²) in [6.07, 6.45) is 0.0369. The van der Waals surface area contributed by atoms with E-state index in [0.717, 1.165) is 17.0 Å². The van der Waals surface area contributed by atoms with E-state index in [9.17, 15) is 20.0 Å². The molecule has 0 radical (unpaired) electrons. The Morgan fingerprint density at radius 2 is 2.04 bits per heavy atom. The largest absolute Gasteiger partial charge is 0.387 e. The van der Waals surface area contributed by atoms with Gasteiger partial charge in [-0.15, -0.1) is 0 Å². The van der Waals surface area contributed by atoms with Gasteiger partial charge in [-0.1, -0.05) is 36.4 Å². The SMILES string of the molecule is O=C(NCC(O)c1ccc2ccccc2c1)c1[nH]ncc1[N+](=O)[O-]. The summed E-state index contributed by atoms with van der Waals surface area (Å²) in [4.78, 5) is 22.1. The molecule has 1 heterocycles. The van der Waals surface area contributed by atoms with Crippen molar-refractivity contribution < 1.29 is 14.8 Å². The van der Waals surface area contributed by atoms with E-state index in [1.165, 1.54) is 0 Å². The molecule has 0 saturated heterocycles. The zero-order chi connectivity index (χ0) is 17.1. The number of aromatic nitrogens is 2. The predicted octanol–water partition coefficient (Wildman–Crippen LogP) is 1.93. The van der Waals surface area contributed by atoms with E-state index in [-0.39, 0.29) is 12.2 Å². The van der Waals surface area contributed by atoms with Crippen molar-refractivity contribution >= 4 is 22.4 Å². The normalized spacial score (nSPS) is 12.0. The molecule has 0 aliphatic heterocycles. The van der Waals surface area contributed by atoms with Crippen LogP contribution in [0.4, 0.5) is 5.69 Å². The molecule has 1 atom stereocenters. The molecule has 8 heteroatoms. The summed E-state index contributed by atoms with van der Waals surface area (Å²) in [6.45, 7) is -0.0760. The number of nitrogens with one attached hydrogen (secondary N) is 2. The minimum atomic E-state index is -0.930. The zero-order valence-corrected chi connectivity index (χ0v) is 12.5. The van der Waals surface area contributed by atoms with Crippen LogP contribution in [-0.4, -0.2) is 32.7 Å². The average molecular weight is 326 g/mol. The maximum absolute atomic E-state index is 12.0. The number of aliphatic hydroxyl groups is 1. The van der Waals surface area contributed by atoms with Gasteiger partial charge in [0, 0.05) is 6.54 Å². The number of hydrogen-bond acceptors (Lipinski definition) is 5. The summed E-state index contributed by atoms with van der Waals surface area (Å²) in [5.41, 5.74) is -0.00785. The molecule has 1 amide bonds. The van der Waals surface area contributed by atoms with E-state index < -0.39 is 22.6 Å². The van der Waals surface area contributed by atoms with Crippen LogP contribution >= 0.6 is 0 Å². The van der Waals surface area contributed by atoms with Crippen molar-refractivity contribution in [2.75, 3.05) is 6.54 Å². The van der Waals surface area contributed by atoms with Gasteiger partial charge in [0.05, 0.1) is 11.0 Å². The summed E-state index contributed by atoms with van der Waals surface area (Å²) in [5.74, 6) is -0.695. The van der Waals surface area contributed by atoms with Gasteiger partial charge in [0.25, 0.3) is 5.91 Å². The van der Waals surface area contributed by atoms with Crippen molar-refractivity contribution in [1.82, 2.24) is 15.5 Å². The quantitative estimate of drug-likeness (QED) is 0.488. The van der Waals surface area contributed by atoms with Gasteiger partial charge in [0.15, 0.2) is 0 Å². The second-order valence-corrected chi connectivity index (χ2v) is 5.22. The molecule has 3 rings (SSSR count). The number of carbonyl (C=O) groups excluding carboxylic acids is 1. The Kier molecular flexibility index (Phi) is 4.21. The summed E-state index contributed by atoms with van der Waals surface area (Å²) in [6, 6.07) is 13.2. The monoisotopic (exact) mass is 326 g/mol. The molecule has 0 spiro atoms. The van der Waals surface area contributed by atoms with Gasteiger partial charge in [0.1, 0.15) is 6.20 Å². The predicted molar refractivity (Wildman–Crippen MR) is 86.5 cm³/mol. The van der Waals surface area contributed by atoms with E-state index in [1.807, 2.05) is 36.4 Å². The molecule has 3 aromatic rings. The molecule has 0 saturated carbocycles. The smallest absolute Gasteiger partial charge is 0.319 e. The summed E-state index contributed by atoms with van der Waals surface area (Å²) >= 11 is 0. The lowest BCUT2D eigenvalue weighted by atomic mass is 10.0. The number of benzene rings is 2. The highest BCUT2D eigenvalue weighted by Gasteiger charge is 2.23. The first-order valence-electron chi connectivity index (χ1n) is 7.19. The maximum atomic E-state index is 12.0. The molecular formula is C16H14N4O4. The molecule has 3 N–H and O–H groups in total. The summed E-state index contributed by atoms with van der Waals surface area (Å²) in [7, 11) is 0. The maximum Gasteiger partial charge on any atom is 0.319 e. The first-order chi connectivity index (χ1) is 11.6. The summed E-state index contributed by atoms with van der Waals surface area (Å²) in [5, 5.41) is 31.3. The van der Waals surface area contributed by atoms with Crippen LogP contribution < -0.4 is 5.32 Å². The van der Waals surface area contributed by atoms with Gasteiger partial charge in [-0.2, -0.15) is 5.10 Å². The number of H-pyrrole nitrogens is 1. The second kappa shape index (κ2) is 6.47.